The van der Waals surface area contributed by atoms with Crippen LogP contribution >= 0.6 is 0 Å². The lowest BCUT2D eigenvalue weighted by Crippen LogP contribution is -2.10. The first-order valence-electron chi connectivity index (χ1n) is 6.05. The highest BCUT2D eigenvalue weighted by Crippen LogP contribution is 2.18. The van der Waals surface area contributed by atoms with Gasteiger partial charge in [-0.2, -0.15) is 0 Å². The standard InChI is InChI=1S/C13H20NO3S/c1-14(2)12-6-8-13(9-7-12)18(16,17)11-5-3-4-10-15/h6-9H,3-5,10-11H2,1-2H3. The van der Waals surface area contributed by atoms with E-state index in [4.69, 9.17) is 0 Å². The molecule has 18 heavy (non-hydrogen) atoms. The van der Waals surface area contributed by atoms with Crippen LogP contribution in [-0.2, 0) is 14.9 Å². The van der Waals surface area contributed by atoms with Gasteiger partial charge in [0.2, 0.25) is 0 Å². The zero-order valence-electron chi connectivity index (χ0n) is 10.9. The highest BCUT2D eigenvalue weighted by molar-refractivity contribution is 7.91. The lowest BCUT2D eigenvalue weighted by atomic mass is 10.3. The maximum absolute atomic E-state index is 12.0. The molecule has 1 aromatic rings. The normalized spacial score (nSPS) is 11.5. The first-order valence-corrected chi connectivity index (χ1v) is 7.71. The average molecular weight is 270 g/mol. The lowest BCUT2D eigenvalue weighted by Gasteiger charge is -2.12. The van der Waals surface area contributed by atoms with Gasteiger partial charge in [-0.25, -0.2) is 13.5 Å². The summed E-state index contributed by atoms with van der Waals surface area (Å²) >= 11 is 0. The van der Waals surface area contributed by atoms with Gasteiger partial charge >= 0.3 is 0 Å². The summed E-state index contributed by atoms with van der Waals surface area (Å²) in [5, 5.41) is 10.3. The monoisotopic (exact) mass is 270 g/mol. The van der Waals surface area contributed by atoms with Gasteiger partial charge in [-0.1, -0.05) is 6.42 Å². The molecular formula is C13H20NO3S. The summed E-state index contributed by atoms with van der Waals surface area (Å²) in [4.78, 5) is 2.28. The molecular weight excluding hydrogens is 250 g/mol. The third kappa shape index (κ3) is 4.31. The molecule has 0 heterocycles. The second-order valence-corrected chi connectivity index (χ2v) is 6.58. The maximum Gasteiger partial charge on any atom is 0.178 e. The smallest absolute Gasteiger partial charge is 0.178 e. The van der Waals surface area contributed by atoms with Crippen molar-refractivity contribution < 1.29 is 13.5 Å². The molecule has 0 bridgehead atoms. The SMILES string of the molecule is CN(C)c1ccc(S(=O)(=O)CCCCC[O])cc1. The first-order chi connectivity index (χ1) is 8.47. The summed E-state index contributed by atoms with van der Waals surface area (Å²) in [6, 6.07) is 6.87. The van der Waals surface area contributed by atoms with Crippen LogP contribution in [0.3, 0.4) is 0 Å². The van der Waals surface area contributed by atoms with Crippen molar-refractivity contribution in [3.8, 4) is 0 Å². The summed E-state index contributed by atoms with van der Waals surface area (Å²) in [7, 11) is 0.615. The Labute approximate surface area is 109 Å². The van der Waals surface area contributed by atoms with E-state index >= 15 is 0 Å². The Hall–Kier alpha value is -1.07. The van der Waals surface area contributed by atoms with E-state index in [-0.39, 0.29) is 12.4 Å². The second kappa shape index (κ2) is 6.75. The van der Waals surface area contributed by atoms with Crippen LogP contribution in [0, 0.1) is 0 Å². The van der Waals surface area contributed by atoms with Crippen LogP contribution in [0.15, 0.2) is 29.2 Å². The molecule has 5 heteroatoms. The Morgan fingerprint density at radius 1 is 1.00 bits per heavy atom. The number of rotatable bonds is 7. The molecule has 0 N–H and O–H groups in total. The van der Waals surface area contributed by atoms with E-state index in [1.54, 1.807) is 24.3 Å². The quantitative estimate of drug-likeness (QED) is 0.713. The van der Waals surface area contributed by atoms with E-state index in [2.05, 4.69) is 0 Å². The highest BCUT2D eigenvalue weighted by Gasteiger charge is 2.13. The zero-order valence-corrected chi connectivity index (χ0v) is 11.7. The number of unbranched alkanes of at least 4 members (excludes halogenated alkanes) is 2. The van der Waals surface area contributed by atoms with E-state index < -0.39 is 9.84 Å². The largest absolute Gasteiger partial charge is 0.378 e. The summed E-state index contributed by atoms with van der Waals surface area (Å²) in [5.74, 6) is 0.119. The molecule has 0 aliphatic heterocycles. The van der Waals surface area contributed by atoms with Gasteiger partial charge in [-0.05, 0) is 37.1 Å². The van der Waals surface area contributed by atoms with E-state index in [0.717, 1.165) is 5.69 Å². The fraction of sp³-hybridized carbons (Fsp3) is 0.538. The molecule has 0 fully saturated rings. The molecule has 0 atom stereocenters. The third-order valence-corrected chi connectivity index (χ3v) is 4.59. The minimum atomic E-state index is -3.20. The molecule has 0 aliphatic carbocycles. The molecule has 0 saturated carbocycles. The first kappa shape index (κ1) is 15.0. The van der Waals surface area contributed by atoms with Crippen molar-refractivity contribution in [1.29, 1.82) is 0 Å². The predicted molar refractivity (Wildman–Crippen MR) is 72.2 cm³/mol. The highest BCUT2D eigenvalue weighted by atomic mass is 32.2. The molecule has 1 radical (unpaired) electrons. The minimum Gasteiger partial charge on any atom is -0.378 e. The van der Waals surface area contributed by atoms with Gasteiger partial charge in [0.25, 0.3) is 0 Å². The van der Waals surface area contributed by atoms with Crippen molar-refractivity contribution in [3.05, 3.63) is 24.3 Å². The van der Waals surface area contributed by atoms with Gasteiger partial charge in [-0.3, -0.25) is 0 Å². The number of hydrogen-bond acceptors (Lipinski definition) is 3. The molecule has 0 aliphatic rings. The fourth-order valence-corrected chi connectivity index (χ4v) is 3.01. The molecule has 1 aromatic carbocycles. The van der Waals surface area contributed by atoms with Gasteiger partial charge in [0.15, 0.2) is 9.84 Å². The Balaban J connectivity index is 2.67. The summed E-state index contributed by atoms with van der Waals surface area (Å²) in [5.41, 5.74) is 0.973. The lowest BCUT2D eigenvalue weighted by molar-refractivity contribution is 0.186. The van der Waals surface area contributed by atoms with Crippen LogP contribution in [0.5, 0.6) is 0 Å². The Bertz CT molecular complexity index is 452. The summed E-state index contributed by atoms with van der Waals surface area (Å²) < 4.78 is 24.0. The molecule has 0 aromatic heterocycles. The number of sulfone groups is 1. The average Bonchev–Trinajstić information content (AvgIpc) is 2.35. The van der Waals surface area contributed by atoms with Gasteiger partial charge in [0.05, 0.1) is 17.3 Å². The van der Waals surface area contributed by atoms with E-state index in [1.165, 1.54) is 0 Å². The van der Waals surface area contributed by atoms with E-state index in [9.17, 15) is 13.5 Å². The number of benzene rings is 1. The number of nitrogens with zero attached hydrogens (tertiary/aromatic N) is 1. The van der Waals surface area contributed by atoms with Gasteiger partial charge in [0.1, 0.15) is 0 Å². The van der Waals surface area contributed by atoms with Crippen LogP contribution in [0.25, 0.3) is 0 Å². The van der Waals surface area contributed by atoms with Crippen LogP contribution < -0.4 is 4.90 Å². The molecule has 101 valence electrons. The second-order valence-electron chi connectivity index (χ2n) is 4.47. The Morgan fingerprint density at radius 2 is 1.61 bits per heavy atom. The van der Waals surface area contributed by atoms with Crippen molar-refractivity contribution in [3.63, 3.8) is 0 Å². The molecule has 0 unspecified atom stereocenters. The number of anilines is 1. The number of hydrogen-bond donors (Lipinski definition) is 0. The van der Waals surface area contributed by atoms with Gasteiger partial charge < -0.3 is 4.90 Å². The van der Waals surface area contributed by atoms with Crippen molar-refractivity contribution in [1.82, 2.24) is 0 Å². The van der Waals surface area contributed by atoms with Crippen LogP contribution in [0.1, 0.15) is 19.3 Å². The van der Waals surface area contributed by atoms with Crippen LogP contribution in [0.2, 0.25) is 0 Å². The fourth-order valence-electron chi connectivity index (χ4n) is 1.64. The summed E-state index contributed by atoms with van der Waals surface area (Å²) in [6.45, 7) is -0.127. The molecule has 0 spiro atoms. The van der Waals surface area contributed by atoms with Crippen molar-refractivity contribution >= 4 is 15.5 Å². The maximum atomic E-state index is 12.0. The van der Waals surface area contributed by atoms with Gasteiger partial charge in [-0.15, -0.1) is 0 Å². The van der Waals surface area contributed by atoms with Crippen molar-refractivity contribution in [2.45, 2.75) is 24.2 Å². The molecule has 1 rings (SSSR count). The topological polar surface area (TPSA) is 57.3 Å². The van der Waals surface area contributed by atoms with Gasteiger partial charge in [0, 0.05) is 19.8 Å². The Morgan fingerprint density at radius 3 is 2.11 bits per heavy atom. The Kier molecular flexibility index (Phi) is 5.62. The van der Waals surface area contributed by atoms with Crippen molar-refractivity contribution in [2.75, 3.05) is 31.4 Å². The van der Waals surface area contributed by atoms with E-state index in [1.807, 2.05) is 19.0 Å². The van der Waals surface area contributed by atoms with Crippen LogP contribution in [-0.4, -0.2) is 34.9 Å². The van der Waals surface area contributed by atoms with E-state index in [0.29, 0.717) is 24.2 Å². The minimum absolute atomic E-state index is 0.119. The predicted octanol–water partition coefficient (Wildman–Crippen LogP) is 2.13. The summed E-state index contributed by atoms with van der Waals surface area (Å²) in [6.07, 6.45) is 1.79. The third-order valence-electron chi connectivity index (χ3n) is 2.77. The molecule has 0 amide bonds. The molecule has 0 saturated heterocycles. The van der Waals surface area contributed by atoms with Crippen molar-refractivity contribution in [2.24, 2.45) is 0 Å². The molecule has 4 nitrogen and oxygen atoms in total. The van der Waals surface area contributed by atoms with Crippen LogP contribution in [0.4, 0.5) is 5.69 Å². The zero-order chi connectivity index (χ0) is 13.6.